The molecular weight excluding hydrogens is 295 g/mol. The predicted octanol–water partition coefficient (Wildman–Crippen LogP) is 3.77. The van der Waals surface area contributed by atoms with Crippen LogP contribution in [0.1, 0.15) is 26.7 Å². The molecule has 0 bridgehead atoms. The summed E-state index contributed by atoms with van der Waals surface area (Å²) in [5.74, 6) is -0.216. The zero-order valence-electron chi connectivity index (χ0n) is 13.2. The first-order valence-electron chi connectivity index (χ1n) is 7.83. The first-order valence-corrected chi connectivity index (χ1v) is 9.35. The van der Waals surface area contributed by atoms with Crippen molar-refractivity contribution in [2.45, 2.75) is 26.7 Å². The second kappa shape index (κ2) is 8.83. The van der Waals surface area contributed by atoms with Gasteiger partial charge in [-0.2, -0.15) is 0 Å². The highest BCUT2D eigenvalue weighted by Gasteiger charge is 2.16. The van der Waals surface area contributed by atoms with Crippen molar-refractivity contribution in [2.75, 3.05) is 13.2 Å². The summed E-state index contributed by atoms with van der Waals surface area (Å²) in [5, 5.41) is 1.13. The van der Waals surface area contributed by atoms with Crippen LogP contribution >= 0.6 is 0 Å². The van der Waals surface area contributed by atoms with E-state index in [2.05, 4.69) is 13.8 Å². The number of halogens is 1. The third-order valence-electron chi connectivity index (χ3n) is 3.29. The maximum absolute atomic E-state index is 13.3. The summed E-state index contributed by atoms with van der Waals surface area (Å²) in [6.07, 6.45) is 1.97. The molecule has 0 aliphatic heterocycles. The zero-order valence-corrected chi connectivity index (χ0v) is 14.4. The summed E-state index contributed by atoms with van der Waals surface area (Å²) in [4.78, 5) is 0. The molecule has 0 amide bonds. The fourth-order valence-electron chi connectivity index (χ4n) is 2.19. The van der Waals surface area contributed by atoms with Gasteiger partial charge in [0.05, 0.1) is 0 Å². The number of hydrogen-bond acceptors (Lipinski definition) is 2. The highest BCUT2D eigenvalue weighted by atomic mass is 28.3. The van der Waals surface area contributed by atoms with Gasteiger partial charge in [0, 0.05) is 13.2 Å². The van der Waals surface area contributed by atoms with Crippen LogP contribution in [0.3, 0.4) is 0 Å². The van der Waals surface area contributed by atoms with Gasteiger partial charge in [-0.05, 0) is 41.3 Å². The molecule has 118 valence electrons. The van der Waals surface area contributed by atoms with Crippen LogP contribution in [0, 0.1) is 5.82 Å². The van der Waals surface area contributed by atoms with Gasteiger partial charge < -0.3 is 8.85 Å². The number of benzene rings is 2. The minimum absolute atomic E-state index is 0.216. The lowest BCUT2D eigenvalue weighted by atomic mass is 10.1. The second-order valence-corrected chi connectivity index (χ2v) is 7.20. The zero-order chi connectivity index (χ0) is 15.8. The molecule has 0 aromatic heterocycles. The molecule has 0 unspecified atom stereocenters. The van der Waals surface area contributed by atoms with Crippen molar-refractivity contribution in [2.24, 2.45) is 0 Å². The van der Waals surface area contributed by atoms with Gasteiger partial charge in [-0.1, -0.05) is 50.2 Å². The van der Waals surface area contributed by atoms with Crippen molar-refractivity contribution in [3.63, 3.8) is 0 Å². The summed E-state index contributed by atoms with van der Waals surface area (Å²) >= 11 is 0. The van der Waals surface area contributed by atoms with E-state index in [4.69, 9.17) is 8.85 Å². The first kappa shape index (κ1) is 16.9. The Morgan fingerprint density at radius 1 is 0.864 bits per heavy atom. The van der Waals surface area contributed by atoms with Crippen molar-refractivity contribution in [1.29, 1.82) is 0 Å². The van der Waals surface area contributed by atoms with Crippen LogP contribution in [0.25, 0.3) is 11.1 Å². The monoisotopic (exact) mass is 318 g/mol. The van der Waals surface area contributed by atoms with E-state index in [0.717, 1.165) is 42.4 Å². The van der Waals surface area contributed by atoms with E-state index in [9.17, 15) is 4.39 Å². The van der Waals surface area contributed by atoms with E-state index < -0.39 is 9.28 Å². The standard InChI is InChI=1S/C18H23FO2Si/c1-3-12-20-22(21-13-4-2)18-10-8-15(9-11-18)16-6-5-7-17(19)14-16/h5-11,14,22H,3-4,12-13H2,1-2H3. The van der Waals surface area contributed by atoms with Gasteiger partial charge in [0.2, 0.25) is 0 Å². The summed E-state index contributed by atoms with van der Waals surface area (Å²) in [7, 11) is -1.83. The SMILES string of the molecule is CCCO[SiH](OCCC)c1ccc(-c2cccc(F)c2)cc1. The first-order chi connectivity index (χ1) is 10.7. The molecule has 2 aromatic rings. The molecule has 0 saturated heterocycles. The van der Waals surface area contributed by atoms with Crippen LogP contribution in [0.4, 0.5) is 4.39 Å². The van der Waals surface area contributed by atoms with E-state index in [1.54, 1.807) is 12.1 Å². The Kier molecular flexibility index (Phi) is 6.77. The lowest BCUT2D eigenvalue weighted by molar-refractivity contribution is 0.207. The third-order valence-corrected chi connectivity index (χ3v) is 5.29. The normalized spacial score (nSPS) is 11.1. The molecule has 2 rings (SSSR count). The van der Waals surface area contributed by atoms with Gasteiger partial charge >= 0.3 is 9.28 Å². The number of hydrogen-bond donors (Lipinski definition) is 0. The molecule has 0 aliphatic carbocycles. The van der Waals surface area contributed by atoms with Crippen molar-refractivity contribution >= 4 is 14.5 Å². The highest BCUT2D eigenvalue weighted by molar-refractivity contribution is 6.61. The maximum atomic E-state index is 13.3. The summed E-state index contributed by atoms with van der Waals surface area (Å²) in [5.41, 5.74) is 1.88. The molecule has 0 fully saturated rings. The Morgan fingerprint density at radius 2 is 1.50 bits per heavy atom. The van der Waals surface area contributed by atoms with Crippen molar-refractivity contribution in [3.05, 3.63) is 54.3 Å². The van der Waals surface area contributed by atoms with Crippen molar-refractivity contribution in [3.8, 4) is 11.1 Å². The lowest BCUT2D eigenvalue weighted by Crippen LogP contribution is -2.37. The van der Waals surface area contributed by atoms with Crippen LogP contribution in [-0.2, 0) is 8.85 Å². The molecular formula is C18H23FO2Si. The molecule has 0 heterocycles. The van der Waals surface area contributed by atoms with Gasteiger partial charge in [-0.15, -0.1) is 0 Å². The van der Waals surface area contributed by atoms with Gasteiger partial charge in [0.15, 0.2) is 0 Å². The molecule has 0 radical (unpaired) electrons. The van der Waals surface area contributed by atoms with Crippen molar-refractivity contribution < 1.29 is 13.2 Å². The highest BCUT2D eigenvalue weighted by Crippen LogP contribution is 2.19. The molecule has 4 heteroatoms. The smallest absolute Gasteiger partial charge is 0.355 e. The van der Waals surface area contributed by atoms with E-state index >= 15 is 0 Å². The summed E-state index contributed by atoms with van der Waals surface area (Å²) in [6.45, 7) is 5.65. The van der Waals surface area contributed by atoms with E-state index in [1.807, 2.05) is 30.3 Å². The predicted molar refractivity (Wildman–Crippen MR) is 91.1 cm³/mol. The van der Waals surface area contributed by atoms with Crippen LogP contribution in [0.15, 0.2) is 48.5 Å². The van der Waals surface area contributed by atoms with Gasteiger partial charge in [0.25, 0.3) is 0 Å². The van der Waals surface area contributed by atoms with Crippen LogP contribution in [0.2, 0.25) is 0 Å². The van der Waals surface area contributed by atoms with Gasteiger partial charge in [-0.25, -0.2) is 4.39 Å². The van der Waals surface area contributed by atoms with E-state index in [1.165, 1.54) is 6.07 Å². The Labute approximate surface area is 133 Å². The maximum Gasteiger partial charge on any atom is 0.355 e. The fraction of sp³-hybridized carbons (Fsp3) is 0.333. The fourth-order valence-corrected chi connectivity index (χ4v) is 4.08. The lowest BCUT2D eigenvalue weighted by Gasteiger charge is -2.16. The Bertz CT molecular complexity index is 564. The summed E-state index contributed by atoms with van der Waals surface area (Å²) < 4.78 is 25.1. The molecule has 0 saturated carbocycles. The molecule has 0 aliphatic rings. The average molecular weight is 318 g/mol. The Hall–Kier alpha value is -1.49. The van der Waals surface area contributed by atoms with Gasteiger partial charge in [0.1, 0.15) is 5.82 Å². The summed E-state index contributed by atoms with van der Waals surface area (Å²) in [6, 6.07) is 14.7. The Balaban J connectivity index is 2.14. The second-order valence-electron chi connectivity index (χ2n) is 5.21. The molecule has 0 N–H and O–H groups in total. The molecule has 2 aromatic carbocycles. The largest absolute Gasteiger partial charge is 0.393 e. The quantitative estimate of drug-likeness (QED) is 0.690. The molecule has 2 nitrogen and oxygen atoms in total. The van der Waals surface area contributed by atoms with E-state index in [-0.39, 0.29) is 5.82 Å². The molecule has 0 spiro atoms. The van der Waals surface area contributed by atoms with Gasteiger partial charge in [-0.3, -0.25) is 0 Å². The minimum Gasteiger partial charge on any atom is -0.393 e. The average Bonchev–Trinajstić information content (AvgIpc) is 2.55. The van der Waals surface area contributed by atoms with Crippen molar-refractivity contribution in [1.82, 2.24) is 0 Å². The molecule has 22 heavy (non-hydrogen) atoms. The third kappa shape index (κ3) is 4.76. The topological polar surface area (TPSA) is 18.5 Å². The molecule has 0 atom stereocenters. The minimum atomic E-state index is -1.83. The van der Waals surface area contributed by atoms with Crippen LogP contribution in [0.5, 0.6) is 0 Å². The Morgan fingerprint density at radius 3 is 2.05 bits per heavy atom. The number of rotatable bonds is 8. The van der Waals surface area contributed by atoms with E-state index in [0.29, 0.717) is 0 Å². The van der Waals surface area contributed by atoms with Crippen LogP contribution < -0.4 is 5.19 Å². The van der Waals surface area contributed by atoms with Crippen LogP contribution in [-0.4, -0.2) is 22.5 Å².